The van der Waals surface area contributed by atoms with Crippen molar-refractivity contribution in [3.8, 4) is 0 Å². The highest BCUT2D eigenvalue weighted by Crippen LogP contribution is 2.26. The Morgan fingerprint density at radius 3 is 2.59 bits per heavy atom. The molecule has 2 aromatic carbocycles. The molecule has 0 aliphatic heterocycles. The van der Waals surface area contributed by atoms with Gasteiger partial charge in [0.2, 0.25) is 5.90 Å². The van der Waals surface area contributed by atoms with Gasteiger partial charge in [0.25, 0.3) is 0 Å². The van der Waals surface area contributed by atoms with Gasteiger partial charge in [-0.25, -0.2) is 21.5 Å². The largest absolute Gasteiger partial charge is 0.475 e. The Balaban J connectivity index is 1.79. The molecule has 0 saturated carbocycles. The quantitative estimate of drug-likeness (QED) is 0.236. The van der Waals surface area contributed by atoms with E-state index in [9.17, 15) is 4.79 Å². The summed E-state index contributed by atoms with van der Waals surface area (Å²) in [6, 6.07) is 11.4. The first kappa shape index (κ1) is 23.4. The Hall–Kier alpha value is -3.23. The molecule has 4 N–H and O–H groups in total. The Bertz CT molecular complexity index is 1040. The van der Waals surface area contributed by atoms with E-state index >= 15 is 0 Å². The molecule has 1 aliphatic carbocycles. The van der Waals surface area contributed by atoms with Crippen LogP contribution in [0.25, 0.3) is 0 Å². The number of carbonyl (C=O) groups excluding carboxylic acids is 1. The molecule has 0 aromatic heterocycles. The van der Waals surface area contributed by atoms with Gasteiger partial charge < -0.3 is 4.74 Å². The normalized spacial score (nSPS) is 13.7. The molecule has 3 rings (SSSR count). The van der Waals surface area contributed by atoms with Crippen molar-refractivity contribution in [2.45, 2.75) is 53.1 Å². The SMILES string of the molecule is CC/C(=N\N=C(C)c1cccc2c1CCC2)OCc1c(C)cccc1N(N)C(=O)N(C)N. The van der Waals surface area contributed by atoms with E-state index in [1.165, 1.54) is 24.6 Å². The number of amides is 2. The summed E-state index contributed by atoms with van der Waals surface area (Å²) in [6.45, 7) is 6.09. The number of anilines is 1. The van der Waals surface area contributed by atoms with E-state index in [2.05, 4.69) is 28.4 Å². The van der Waals surface area contributed by atoms with Crippen LogP contribution in [-0.4, -0.2) is 29.7 Å². The third-order valence-corrected chi connectivity index (χ3v) is 5.69. The van der Waals surface area contributed by atoms with Crippen LogP contribution in [0.4, 0.5) is 10.5 Å². The Morgan fingerprint density at radius 1 is 1.12 bits per heavy atom. The second kappa shape index (κ2) is 10.4. The summed E-state index contributed by atoms with van der Waals surface area (Å²) in [4.78, 5) is 12.2. The highest BCUT2D eigenvalue weighted by Gasteiger charge is 2.19. The maximum absolute atomic E-state index is 12.2. The maximum Gasteiger partial charge on any atom is 0.352 e. The van der Waals surface area contributed by atoms with Gasteiger partial charge in [0.05, 0.1) is 11.4 Å². The minimum absolute atomic E-state index is 0.208. The summed E-state index contributed by atoms with van der Waals surface area (Å²) in [5, 5.41) is 10.8. The Kier molecular flexibility index (Phi) is 7.61. The number of carbonyl (C=O) groups is 1. The molecule has 32 heavy (non-hydrogen) atoms. The van der Waals surface area contributed by atoms with Crippen LogP contribution in [0.1, 0.15) is 54.5 Å². The molecule has 0 bridgehead atoms. The number of nitrogens with two attached hydrogens (primary N) is 2. The van der Waals surface area contributed by atoms with Crippen molar-refractivity contribution in [2.24, 2.45) is 21.9 Å². The zero-order valence-corrected chi connectivity index (χ0v) is 19.3. The van der Waals surface area contributed by atoms with Crippen molar-refractivity contribution in [3.05, 3.63) is 64.2 Å². The third kappa shape index (κ3) is 5.15. The van der Waals surface area contributed by atoms with Crippen molar-refractivity contribution in [1.29, 1.82) is 0 Å². The summed E-state index contributed by atoms with van der Waals surface area (Å²) >= 11 is 0. The number of ether oxygens (including phenoxy) is 1. The number of hydrogen-bond donors (Lipinski definition) is 2. The molecule has 0 spiro atoms. The van der Waals surface area contributed by atoms with Crippen LogP contribution < -0.4 is 16.7 Å². The molecule has 0 radical (unpaired) electrons. The van der Waals surface area contributed by atoms with Gasteiger partial charge in [-0.1, -0.05) is 37.3 Å². The molecule has 2 amide bonds. The summed E-state index contributed by atoms with van der Waals surface area (Å²) < 4.78 is 5.97. The van der Waals surface area contributed by atoms with Gasteiger partial charge in [0.15, 0.2) is 0 Å². The number of aryl methyl sites for hydroxylation is 2. The fraction of sp³-hybridized carbons (Fsp3) is 0.375. The number of benzene rings is 2. The van der Waals surface area contributed by atoms with E-state index < -0.39 is 6.03 Å². The average molecular weight is 437 g/mol. The number of nitrogens with zero attached hydrogens (tertiary/aromatic N) is 4. The van der Waals surface area contributed by atoms with Gasteiger partial charge >= 0.3 is 6.03 Å². The van der Waals surface area contributed by atoms with E-state index in [0.717, 1.165) is 45.3 Å². The lowest BCUT2D eigenvalue weighted by Gasteiger charge is -2.24. The number of rotatable bonds is 6. The monoisotopic (exact) mass is 436 g/mol. The average Bonchev–Trinajstić information content (AvgIpc) is 3.27. The number of fused-ring (bicyclic) bond motifs is 1. The molecule has 8 nitrogen and oxygen atoms in total. The number of hydrogen-bond acceptors (Lipinski definition) is 6. The predicted octanol–water partition coefficient (Wildman–Crippen LogP) is 3.84. The van der Waals surface area contributed by atoms with Crippen LogP contribution in [0.2, 0.25) is 0 Å². The van der Waals surface area contributed by atoms with Gasteiger partial charge in [-0.05, 0) is 55.9 Å². The van der Waals surface area contributed by atoms with E-state index in [1.807, 2.05) is 32.9 Å². The van der Waals surface area contributed by atoms with Crippen molar-refractivity contribution in [1.82, 2.24) is 5.01 Å². The van der Waals surface area contributed by atoms with Crippen LogP contribution in [0, 0.1) is 6.92 Å². The number of hydrazine groups is 2. The van der Waals surface area contributed by atoms with Crippen LogP contribution >= 0.6 is 0 Å². The molecule has 0 heterocycles. The lowest BCUT2D eigenvalue weighted by atomic mass is 10.0. The van der Waals surface area contributed by atoms with E-state index in [4.69, 9.17) is 16.4 Å². The molecule has 0 atom stereocenters. The first-order chi connectivity index (χ1) is 15.3. The van der Waals surface area contributed by atoms with Gasteiger partial charge in [-0.15, -0.1) is 5.10 Å². The molecular weight excluding hydrogens is 404 g/mol. The fourth-order valence-corrected chi connectivity index (χ4v) is 3.87. The molecule has 2 aromatic rings. The van der Waals surface area contributed by atoms with Crippen molar-refractivity contribution < 1.29 is 9.53 Å². The molecule has 0 unspecified atom stereocenters. The van der Waals surface area contributed by atoms with Crippen molar-refractivity contribution >= 4 is 23.3 Å². The molecule has 0 fully saturated rings. The minimum atomic E-state index is -0.531. The highest BCUT2D eigenvalue weighted by molar-refractivity contribution is 6.00. The number of urea groups is 1. The Labute approximate surface area is 189 Å². The van der Waals surface area contributed by atoms with Crippen LogP contribution in [0.15, 0.2) is 46.6 Å². The summed E-state index contributed by atoms with van der Waals surface area (Å²) in [6.07, 6.45) is 3.98. The van der Waals surface area contributed by atoms with Crippen molar-refractivity contribution in [3.63, 3.8) is 0 Å². The predicted molar refractivity (Wildman–Crippen MR) is 128 cm³/mol. The zero-order valence-electron chi connectivity index (χ0n) is 19.3. The molecule has 8 heteroatoms. The lowest BCUT2D eigenvalue weighted by molar-refractivity contribution is 0.216. The third-order valence-electron chi connectivity index (χ3n) is 5.69. The standard InChI is InChI=1S/C24H32N6O2/c1-5-23(28-27-17(3)19-12-7-10-18-11-8-13-20(18)19)32-15-21-16(2)9-6-14-22(21)30(26)24(31)29(4)25/h6-7,9-10,12,14H,5,8,11,13,15,25-26H2,1-4H3/b27-17?,28-23+. The molecular formula is C24H32N6O2. The smallest absolute Gasteiger partial charge is 0.352 e. The van der Waals surface area contributed by atoms with Gasteiger partial charge in [-0.3, -0.25) is 5.01 Å². The zero-order chi connectivity index (χ0) is 23.3. The summed E-state index contributed by atoms with van der Waals surface area (Å²) in [5.74, 6) is 12.1. The van der Waals surface area contributed by atoms with Crippen LogP contribution in [0.5, 0.6) is 0 Å². The highest BCUT2D eigenvalue weighted by atomic mass is 16.5. The summed E-state index contributed by atoms with van der Waals surface area (Å²) in [5.41, 5.74) is 7.08. The van der Waals surface area contributed by atoms with E-state index in [-0.39, 0.29) is 6.61 Å². The fourth-order valence-electron chi connectivity index (χ4n) is 3.87. The molecule has 0 saturated heterocycles. The topological polar surface area (TPSA) is 110 Å². The first-order valence-corrected chi connectivity index (χ1v) is 10.8. The van der Waals surface area contributed by atoms with Crippen LogP contribution in [-0.2, 0) is 24.2 Å². The van der Waals surface area contributed by atoms with Gasteiger partial charge in [0, 0.05) is 24.6 Å². The van der Waals surface area contributed by atoms with Gasteiger partial charge in [-0.2, -0.15) is 5.10 Å². The minimum Gasteiger partial charge on any atom is -0.475 e. The second-order valence-electron chi connectivity index (χ2n) is 7.95. The maximum atomic E-state index is 12.2. The van der Waals surface area contributed by atoms with Crippen molar-refractivity contribution in [2.75, 3.05) is 12.1 Å². The lowest BCUT2D eigenvalue weighted by Crippen LogP contribution is -2.49. The summed E-state index contributed by atoms with van der Waals surface area (Å²) in [7, 11) is 1.44. The second-order valence-corrected chi connectivity index (χ2v) is 7.95. The Morgan fingerprint density at radius 2 is 1.88 bits per heavy atom. The first-order valence-electron chi connectivity index (χ1n) is 10.8. The van der Waals surface area contributed by atoms with Gasteiger partial charge in [0.1, 0.15) is 6.61 Å². The van der Waals surface area contributed by atoms with Crippen LogP contribution in [0.3, 0.4) is 0 Å². The van der Waals surface area contributed by atoms with E-state index in [1.54, 1.807) is 6.07 Å². The molecule has 170 valence electrons. The molecule has 1 aliphatic rings. The van der Waals surface area contributed by atoms with E-state index in [0.29, 0.717) is 18.0 Å².